The number of aliphatic imine (C=N–C) groups is 1. The summed E-state index contributed by atoms with van der Waals surface area (Å²) in [6, 6.07) is 13.4. The Balaban J connectivity index is 1.86. The lowest BCUT2D eigenvalue weighted by Crippen LogP contribution is -2.19. The summed E-state index contributed by atoms with van der Waals surface area (Å²) in [5.74, 6) is -0.155. The zero-order chi connectivity index (χ0) is 16.4. The van der Waals surface area contributed by atoms with Crippen molar-refractivity contribution in [3.63, 3.8) is 0 Å². The summed E-state index contributed by atoms with van der Waals surface area (Å²) in [5, 5.41) is 3.99. The molecule has 3 rings (SSSR count). The van der Waals surface area contributed by atoms with Gasteiger partial charge in [0.05, 0.1) is 10.6 Å². The second kappa shape index (κ2) is 6.60. The molecule has 1 fully saturated rings. The molecule has 0 saturated carbocycles. The third kappa shape index (κ3) is 3.66. The Morgan fingerprint density at radius 1 is 1.13 bits per heavy atom. The van der Waals surface area contributed by atoms with Crippen molar-refractivity contribution >= 4 is 46.2 Å². The normalized spacial score (nSPS) is 17.8. The lowest BCUT2D eigenvalue weighted by molar-refractivity contribution is -0.115. The second-order valence-electron chi connectivity index (χ2n) is 5.27. The Morgan fingerprint density at radius 3 is 2.65 bits per heavy atom. The highest BCUT2D eigenvalue weighted by Gasteiger charge is 2.24. The van der Waals surface area contributed by atoms with Gasteiger partial charge in [0, 0.05) is 5.02 Å². The molecule has 0 spiro atoms. The molecule has 1 amide bonds. The maximum absolute atomic E-state index is 12.1. The number of carbonyl (C=O) groups excluding carboxylic acids is 1. The summed E-state index contributed by atoms with van der Waals surface area (Å²) >= 11 is 7.45. The fraction of sp³-hybridized carbons (Fsp3) is 0.111. The zero-order valence-electron chi connectivity index (χ0n) is 12.8. The first-order valence-electron chi connectivity index (χ1n) is 7.14. The number of nitrogens with one attached hydrogen (secondary N) is 1. The van der Waals surface area contributed by atoms with Gasteiger partial charge in [0.2, 0.25) is 0 Å². The molecule has 5 heteroatoms. The first-order chi connectivity index (χ1) is 11.0. The minimum atomic E-state index is -0.155. The molecule has 1 aliphatic rings. The number of aryl methyl sites for hydroxylation is 2. The lowest BCUT2D eigenvalue weighted by atomic mass is 10.1. The van der Waals surface area contributed by atoms with Crippen LogP contribution in [0.5, 0.6) is 0 Å². The van der Waals surface area contributed by atoms with Gasteiger partial charge in [-0.25, -0.2) is 4.99 Å². The predicted molar refractivity (Wildman–Crippen MR) is 98.2 cm³/mol. The highest BCUT2D eigenvalue weighted by Crippen LogP contribution is 2.30. The van der Waals surface area contributed by atoms with E-state index >= 15 is 0 Å². The van der Waals surface area contributed by atoms with E-state index in [0.717, 1.165) is 11.3 Å². The molecular weight excluding hydrogens is 328 g/mol. The van der Waals surface area contributed by atoms with Crippen LogP contribution in [0.15, 0.2) is 52.4 Å². The van der Waals surface area contributed by atoms with E-state index in [-0.39, 0.29) is 5.91 Å². The molecule has 1 aliphatic heterocycles. The molecule has 0 atom stereocenters. The van der Waals surface area contributed by atoms with Crippen LogP contribution in [0.3, 0.4) is 0 Å². The van der Waals surface area contributed by atoms with Gasteiger partial charge in [0.1, 0.15) is 0 Å². The standard InChI is InChI=1S/C18H15ClN2OS/c1-11-7-8-14(9-12(11)2)20-18-21-17(22)16(23-18)10-13-5-3-4-6-15(13)19/h3-10H,1-2H3,(H,20,21,22). The van der Waals surface area contributed by atoms with E-state index in [4.69, 9.17) is 11.6 Å². The number of nitrogens with zero attached hydrogens (tertiary/aromatic N) is 1. The highest BCUT2D eigenvalue weighted by atomic mass is 35.5. The van der Waals surface area contributed by atoms with Gasteiger partial charge in [0.15, 0.2) is 5.17 Å². The summed E-state index contributed by atoms with van der Waals surface area (Å²) in [4.78, 5) is 17.2. The number of halogens is 1. The van der Waals surface area contributed by atoms with Crippen LogP contribution in [-0.2, 0) is 4.79 Å². The van der Waals surface area contributed by atoms with Crippen LogP contribution in [0, 0.1) is 13.8 Å². The van der Waals surface area contributed by atoms with Gasteiger partial charge in [-0.1, -0.05) is 35.9 Å². The van der Waals surface area contributed by atoms with Crippen molar-refractivity contribution in [2.24, 2.45) is 4.99 Å². The summed E-state index contributed by atoms with van der Waals surface area (Å²) in [5.41, 5.74) is 4.04. The minimum absolute atomic E-state index is 0.155. The molecule has 0 aromatic heterocycles. The van der Waals surface area contributed by atoms with Crippen LogP contribution < -0.4 is 5.32 Å². The van der Waals surface area contributed by atoms with Gasteiger partial charge < -0.3 is 5.32 Å². The smallest absolute Gasteiger partial charge is 0.264 e. The maximum atomic E-state index is 12.1. The number of carbonyl (C=O) groups is 1. The maximum Gasteiger partial charge on any atom is 0.264 e. The molecule has 3 nitrogen and oxygen atoms in total. The van der Waals surface area contributed by atoms with Crippen molar-refractivity contribution in [2.75, 3.05) is 0 Å². The first kappa shape index (κ1) is 15.8. The molecule has 1 saturated heterocycles. The van der Waals surface area contributed by atoms with E-state index in [2.05, 4.69) is 17.2 Å². The Bertz CT molecular complexity index is 843. The molecule has 116 valence electrons. The summed E-state index contributed by atoms with van der Waals surface area (Å²) in [6.45, 7) is 4.10. The fourth-order valence-corrected chi connectivity index (χ4v) is 3.15. The van der Waals surface area contributed by atoms with E-state index in [1.54, 1.807) is 12.1 Å². The molecule has 0 aliphatic carbocycles. The number of amidine groups is 1. The van der Waals surface area contributed by atoms with Crippen LogP contribution in [0.1, 0.15) is 16.7 Å². The summed E-state index contributed by atoms with van der Waals surface area (Å²) in [6.07, 6.45) is 1.78. The lowest BCUT2D eigenvalue weighted by Gasteiger charge is -2.01. The SMILES string of the molecule is Cc1ccc(N=C2NC(=O)C(=Cc3ccccc3Cl)S2)cc1C. The topological polar surface area (TPSA) is 41.5 Å². The van der Waals surface area contributed by atoms with E-state index in [9.17, 15) is 4.79 Å². The largest absolute Gasteiger partial charge is 0.300 e. The average molecular weight is 343 g/mol. The molecule has 1 heterocycles. The number of thioether (sulfide) groups is 1. The van der Waals surface area contributed by atoms with Crippen molar-refractivity contribution in [3.8, 4) is 0 Å². The van der Waals surface area contributed by atoms with Gasteiger partial charge in [-0.2, -0.15) is 0 Å². The highest BCUT2D eigenvalue weighted by molar-refractivity contribution is 8.18. The third-order valence-electron chi connectivity index (χ3n) is 3.56. The number of hydrogen-bond donors (Lipinski definition) is 1. The van der Waals surface area contributed by atoms with E-state index < -0.39 is 0 Å². The first-order valence-corrected chi connectivity index (χ1v) is 8.34. The van der Waals surface area contributed by atoms with Crippen molar-refractivity contribution < 1.29 is 4.79 Å². The summed E-state index contributed by atoms with van der Waals surface area (Å²) < 4.78 is 0. The number of rotatable bonds is 2. The van der Waals surface area contributed by atoms with Gasteiger partial charge in [-0.05, 0) is 66.6 Å². The van der Waals surface area contributed by atoms with Crippen LogP contribution in [-0.4, -0.2) is 11.1 Å². The summed E-state index contributed by atoms with van der Waals surface area (Å²) in [7, 11) is 0. The molecule has 0 bridgehead atoms. The van der Waals surface area contributed by atoms with Crippen LogP contribution in [0.4, 0.5) is 5.69 Å². The number of hydrogen-bond acceptors (Lipinski definition) is 3. The van der Waals surface area contributed by atoms with Crippen LogP contribution in [0.2, 0.25) is 5.02 Å². The molecular formula is C18H15ClN2OS. The van der Waals surface area contributed by atoms with Gasteiger partial charge in [-0.3, -0.25) is 4.79 Å². The second-order valence-corrected chi connectivity index (χ2v) is 6.71. The Hall–Kier alpha value is -2.04. The molecule has 0 radical (unpaired) electrons. The van der Waals surface area contributed by atoms with Crippen LogP contribution >= 0.6 is 23.4 Å². The van der Waals surface area contributed by atoms with Gasteiger partial charge >= 0.3 is 0 Å². The number of benzene rings is 2. The Morgan fingerprint density at radius 2 is 1.91 bits per heavy atom. The quantitative estimate of drug-likeness (QED) is 0.793. The van der Waals surface area contributed by atoms with Crippen molar-refractivity contribution in [1.82, 2.24) is 5.32 Å². The van der Waals surface area contributed by atoms with E-state index in [1.165, 1.54) is 22.9 Å². The van der Waals surface area contributed by atoms with E-state index in [0.29, 0.717) is 15.1 Å². The Kier molecular flexibility index (Phi) is 4.55. The van der Waals surface area contributed by atoms with Crippen LogP contribution in [0.25, 0.3) is 6.08 Å². The molecule has 0 unspecified atom stereocenters. The molecule has 2 aromatic carbocycles. The monoisotopic (exact) mass is 342 g/mol. The van der Waals surface area contributed by atoms with Crippen molar-refractivity contribution in [1.29, 1.82) is 0 Å². The Labute approximate surface area is 144 Å². The third-order valence-corrected chi connectivity index (χ3v) is 4.82. The van der Waals surface area contributed by atoms with Crippen molar-refractivity contribution in [3.05, 3.63) is 69.1 Å². The molecule has 2 aromatic rings. The molecule has 23 heavy (non-hydrogen) atoms. The van der Waals surface area contributed by atoms with Gasteiger partial charge in [0.25, 0.3) is 5.91 Å². The zero-order valence-corrected chi connectivity index (χ0v) is 14.3. The van der Waals surface area contributed by atoms with Crippen molar-refractivity contribution in [2.45, 2.75) is 13.8 Å². The molecule has 1 N–H and O–H groups in total. The fourth-order valence-electron chi connectivity index (χ4n) is 2.13. The van der Waals surface area contributed by atoms with E-state index in [1.807, 2.05) is 43.3 Å². The minimum Gasteiger partial charge on any atom is -0.300 e. The number of amides is 1. The average Bonchev–Trinajstić information content (AvgIpc) is 2.85. The predicted octanol–water partition coefficient (Wildman–Crippen LogP) is 4.85. The van der Waals surface area contributed by atoms with Gasteiger partial charge in [-0.15, -0.1) is 0 Å².